The number of aliphatic hydroxyl groups is 1. The molecule has 0 aliphatic carbocycles. The average molecular weight is 236 g/mol. The third-order valence-corrected chi connectivity index (χ3v) is 2.18. The van der Waals surface area contributed by atoms with Crippen LogP contribution in [0.5, 0.6) is 0 Å². The molecule has 1 atom stereocenters. The van der Waals surface area contributed by atoms with Gasteiger partial charge in [-0.2, -0.15) is 0 Å². The number of aromatic nitrogens is 1. The number of guanidine groups is 1. The molecule has 7 heteroatoms. The van der Waals surface area contributed by atoms with E-state index in [0.29, 0.717) is 24.9 Å². The maximum absolute atomic E-state index is 10.7. The highest BCUT2D eigenvalue weighted by molar-refractivity contribution is 5.94. The van der Waals surface area contributed by atoms with Crippen LogP contribution in [0, 0.1) is 0 Å². The maximum atomic E-state index is 10.7. The summed E-state index contributed by atoms with van der Waals surface area (Å²) in [4.78, 5) is 18.6. The van der Waals surface area contributed by atoms with Gasteiger partial charge in [0.2, 0.25) is 0 Å². The summed E-state index contributed by atoms with van der Waals surface area (Å²) in [5, 5.41) is 23.7. The fraction of sp³-hybridized carbons (Fsp3) is 0.300. The van der Waals surface area contributed by atoms with Crippen molar-refractivity contribution in [2.24, 2.45) is 4.99 Å². The molecule has 0 amide bonds. The SMILES string of the molecule is O=C(O)c1cccc(NC2=NCC(O)CN2)n1. The molecule has 7 nitrogen and oxygen atoms in total. The quantitative estimate of drug-likeness (QED) is 0.552. The van der Waals surface area contributed by atoms with Crippen molar-refractivity contribution in [1.82, 2.24) is 10.3 Å². The average Bonchev–Trinajstić information content (AvgIpc) is 2.32. The third kappa shape index (κ3) is 2.91. The number of nitrogens with zero attached hydrogens (tertiary/aromatic N) is 2. The minimum absolute atomic E-state index is 0.0357. The van der Waals surface area contributed by atoms with Crippen LogP contribution < -0.4 is 10.6 Å². The van der Waals surface area contributed by atoms with Crippen LogP contribution in [0.4, 0.5) is 5.82 Å². The molecule has 0 spiro atoms. The lowest BCUT2D eigenvalue weighted by Crippen LogP contribution is -2.42. The van der Waals surface area contributed by atoms with Gasteiger partial charge in [0.05, 0.1) is 12.6 Å². The number of carbonyl (C=O) groups is 1. The molecular formula is C10H12N4O3. The summed E-state index contributed by atoms with van der Waals surface area (Å²) in [5.41, 5.74) is -0.0357. The van der Waals surface area contributed by atoms with Crippen molar-refractivity contribution in [1.29, 1.82) is 0 Å². The first-order chi connectivity index (χ1) is 8.15. The molecule has 0 radical (unpaired) electrons. The number of rotatable bonds is 2. The van der Waals surface area contributed by atoms with Crippen LogP contribution in [0.25, 0.3) is 0 Å². The van der Waals surface area contributed by atoms with E-state index in [1.165, 1.54) is 6.07 Å². The molecule has 0 bridgehead atoms. The van der Waals surface area contributed by atoms with Crippen molar-refractivity contribution < 1.29 is 15.0 Å². The molecule has 2 heterocycles. The van der Waals surface area contributed by atoms with E-state index in [-0.39, 0.29) is 5.69 Å². The van der Waals surface area contributed by atoms with Crippen molar-refractivity contribution in [3.63, 3.8) is 0 Å². The van der Waals surface area contributed by atoms with Gasteiger partial charge in [-0.05, 0) is 12.1 Å². The van der Waals surface area contributed by atoms with Gasteiger partial charge in [-0.15, -0.1) is 0 Å². The van der Waals surface area contributed by atoms with E-state index in [2.05, 4.69) is 20.6 Å². The molecule has 4 N–H and O–H groups in total. The summed E-state index contributed by atoms with van der Waals surface area (Å²) in [6.45, 7) is 0.721. The minimum atomic E-state index is -1.08. The van der Waals surface area contributed by atoms with Crippen LogP contribution in [-0.4, -0.2) is 46.3 Å². The number of pyridine rings is 1. The molecule has 0 saturated heterocycles. The lowest BCUT2D eigenvalue weighted by Gasteiger charge is -2.19. The molecular weight excluding hydrogens is 224 g/mol. The Morgan fingerprint density at radius 2 is 2.35 bits per heavy atom. The zero-order valence-electron chi connectivity index (χ0n) is 8.92. The normalized spacial score (nSPS) is 19.1. The number of hydrogen-bond donors (Lipinski definition) is 4. The Morgan fingerprint density at radius 3 is 3.00 bits per heavy atom. The van der Waals surface area contributed by atoms with Gasteiger partial charge < -0.3 is 20.8 Å². The summed E-state index contributed by atoms with van der Waals surface area (Å²) in [5.74, 6) is -0.208. The van der Waals surface area contributed by atoms with Crippen LogP contribution in [0.1, 0.15) is 10.5 Å². The van der Waals surface area contributed by atoms with Crippen molar-refractivity contribution in [2.45, 2.75) is 6.10 Å². The molecule has 1 aliphatic heterocycles. The number of nitrogens with one attached hydrogen (secondary N) is 2. The topological polar surface area (TPSA) is 107 Å². The molecule has 0 saturated carbocycles. The fourth-order valence-electron chi connectivity index (χ4n) is 1.36. The van der Waals surface area contributed by atoms with E-state index in [1.54, 1.807) is 12.1 Å². The van der Waals surface area contributed by atoms with Gasteiger partial charge in [-0.3, -0.25) is 4.99 Å². The molecule has 1 aliphatic rings. The first-order valence-corrected chi connectivity index (χ1v) is 5.09. The molecule has 1 unspecified atom stereocenters. The predicted octanol–water partition coefficient (Wildman–Crippen LogP) is -0.488. The smallest absolute Gasteiger partial charge is 0.354 e. The van der Waals surface area contributed by atoms with Gasteiger partial charge in [0.15, 0.2) is 11.7 Å². The molecule has 1 aromatic rings. The Hall–Kier alpha value is -2.15. The van der Waals surface area contributed by atoms with Crippen molar-refractivity contribution >= 4 is 17.7 Å². The van der Waals surface area contributed by atoms with Crippen LogP contribution in [-0.2, 0) is 0 Å². The summed E-state index contributed by atoms with van der Waals surface area (Å²) < 4.78 is 0. The number of aliphatic imine (C=N–C) groups is 1. The molecule has 0 aromatic carbocycles. The summed E-state index contributed by atoms with van der Waals surface area (Å²) in [6.07, 6.45) is -0.487. The van der Waals surface area contributed by atoms with Gasteiger partial charge >= 0.3 is 5.97 Å². The predicted molar refractivity (Wildman–Crippen MR) is 61.1 cm³/mol. The number of hydrogen-bond acceptors (Lipinski definition) is 6. The van der Waals surface area contributed by atoms with E-state index in [1.807, 2.05) is 0 Å². The Balaban J connectivity index is 2.08. The van der Waals surface area contributed by atoms with E-state index in [9.17, 15) is 9.90 Å². The van der Waals surface area contributed by atoms with E-state index >= 15 is 0 Å². The Labute approximate surface area is 97.2 Å². The second-order valence-electron chi connectivity index (χ2n) is 3.56. The van der Waals surface area contributed by atoms with Gasteiger partial charge in [0.1, 0.15) is 5.82 Å². The second kappa shape index (κ2) is 4.79. The first-order valence-electron chi connectivity index (χ1n) is 5.09. The highest BCUT2D eigenvalue weighted by Gasteiger charge is 2.12. The maximum Gasteiger partial charge on any atom is 0.354 e. The number of anilines is 1. The van der Waals surface area contributed by atoms with Crippen LogP contribution in [0.15, 0.2) is 23.2 Å². The largest absolute Gasteiger partial charge is 0.477 e. The highest BCUT2D eigenvalue weighted by Crippen LogP contribution is 2.05. The molecule has 17 heavy (non-hydrogen) atoms. The van der Waals surface area contributed by atoms with Gasteiger partial charge in [-0.1, -0.05) is 6.07 Å². The monoisotopic (exact) mass is 236 g/mol. The zero-order chi connectivity index (χ0) is 12.3. The van der Waals surface area contributed by atoms with Crippen molar-refractivity contribution in [2.75, 3.05) is 18.4 Å². The van der Waals surface area contributed by atoms with E-state index in [0.717, 1.165) is 0 Å². The standard InChI is InChI=1S/C10H12N4O3/c15-6-4-11-10(12-5-6)14-8-3-1-2-7(13-8)9(16)17/h1-3,6,15H,4-5H2,(H,16,17)(H2,11,12,13,14). The van der Waals surface area contributed by atoms with Crippen LogP contribution in [0.3, 0.4) is 0 Å². The minimum Gasteiger partial charge on any atom is -0.477 e. The number of β-amino-alcohol motifs (C(OH)–C–C–N with tert-alkyl or cyclic N) is 1. The number of aromatic carboxylic acids is 1. The van der Waals surface area contributed by atoms with E-state index < -0.39 is 12.1 Å². The third-order valence-electron chi connectivity index (χ3n) is 2.18. The first kappa shape index (κ1) is 11.3. The zero-order valence-corrected chi connectivity index (χ0v) is 8.92. The second-order valence-corrected chi connectivity index (χ2v) is 3.56. The Kier molecular flexibility index (Phi) is 3.20. The summed E-state index contributed by atoms with van der Waals surface area (Å²) in [6, 6.07) is 4.64. The van der Waals surface area contributed by atoms with E-state index in [4.69, 9.17) is 5.11 Å². The molecule has 1 aromatic heterocycles. The number of aliphatic hydroxyl groups excluding tert-OH is 1. The van der Waals surface area contributed by atoms with Crippen molar-refractivity contribution in [3.8, 4) is 0 Å². The van der Waals surface area contributed by atoms with Crippen LogP contribution in [0.2, 0.25) is 0 Å². The number of carboxylic acid groups (broad SMARTS) is 1. The Bertz CT molecular complexity index is 461. The highest BCUT2D eigenvalue weighted by atomic mass is 16.4. The molecule has 0 fully saturated rings. The number of carboxylic acids is 1. The van der Waals surface area contributed by atoms with Gasteiger partial charge in [0, 0.05) is 6.54 Å². The fourth-order valence-corrected chi connectivity index (χ4v) is 1.36. The summed E-state index contributed by atoms with van der Waals surface area (Å²) in [7, 11) is 0. The molecule has 2 rings (SSSR count). The van der Waals surface area contributed by atoms with Gasteiger partial charge in [0.25, 0.3) is 0 Å². The lowest BCUT2D eigenvalue weighted by molar-refractivity contribution is 0.0690. The molecule has 90 valence electrons. The summed E-state index contributed by atoms with van der Waals surface area (Å²) >= 11 is 0. The lowest BCUT2D eigenvalue weighted by atomic mass is 10.3. The Morgan fingerprint density at radius 1 is 1.53 bits per heavy atom. The van der Waals surface area contributed by atoms with Crippen LogP contribution >= 0.6 is 0 Å². The van der Waals surface area contributed by atoms with Gasteiger partial charge in [-0.25, -0.2) is 9.78 Å². The van der Waals surface area contributed by atoms with Crippen molar-refractivity contribution in [3.05, 3.63) is 23.9 Å².